The number of aromatic nitrogens is 2. The van der Waals surface area contributed by atoms with Crippen molar-refractivity contribution in [2.75, 3.05) is 11.9 Å². The van der Waals surface area contributed by atoms with E-state index in [0.29, 0.717) is 5.92 Å². The van der Waals surface area contributed by atoms with Gasteiger partial charge in [0.05, 0.1) is 10.2 Å². The van der Waals surface area contributed by atoms with E-state index in [0.717, 1.165) is 40.3 Å². The molecule has 0 fully saturated rings. The summed E-state index contributed by atoms with van der Waals surface area (Å²) in [6.07, 6.45) is 1.07. The quantitative estimate of drug-likeness (QED) is 0.840. The lowest BCUT2D eigenvalue weighted by atomic mass is 10.1. The highest BCUT2D eigenvalue weighted by Crippen LogP contribution is 2.31. The van der Waals surface area contributed by atoms with Gasteiger partial charge in [0, 0.05) is 17.5 Å². The van der Waals surface area contributed by atoms with Gasteiger partial charge in [-0.25, -0.2) is 9.97 Å². The predicted molar refractivity (Wildman–Crippen MR) is 85.9 cm³/mol. The average Bonchev–Trinajstić information content (AvgIpc) is 2.91. The molecule has 102 valence electrons. The van der Waals surface area contributed by atoms with Crippen LogP contribution in [0.5, 0.6) is 0 Å². The number of rotatable bonds is 5. The largest absolute Gasteiger partial charge is 0.369 e. The van der Waals surface area contributed by atoms with Gasteiger partial charge in [-0.1, -0.05) is 20.8 Å². The fourth-order valence-corrected chi connectivity index (χ4v) is 3.14. The van der Waals surface area contributed by atoms with E-state index in [1.807, 2.05) is 0 Å². The molecule has 0 atom stereocenters. The molecule has 2 heterocycles. The molecular formula is C14H18BrN3S. The van der Waals surface area contributed by atoms with Crippen LogP contribution < -0.4 is 5.32 Å². The number of thiophene rings is 1. The first kappa shape index (κ1) is 14.5. The van der Waals surface area contributed by atoms with Crippen molar-refractivity contribution >= 4 is 33.1 Å². The Balaban J connectivity index is 2.47. The van der Waals surface area contributed by atoms with Gasteiger partial charge >= 0.3 is 0 Å². The van der Waals surface area contributed by atoms with Crippen molar-refractivity contribution in [3.05, 3.63) is 27.0 Å². The molecule has 0 spiro atoms. The Morgan fingerprint density at radius 3 is 2.74 bits per heavy atom. The van der Waals surface area contributed by atoms with Crippen molar-refractivity contribution in [3.8, 4) is 11.4 Å². The minimum Gasteiger partial charge on any atom is -0.369 e. The van der Waals surface area contributed by atoms with Gasteiger partial charge in [0.2, 0.25) is 0 Å². The zero-order valence-electron chi connectivity index (χ0n) is 11.4. The maximum atomic E-state index is 4.69. The average molecular weight is 340 g/mol. The molecule has 0 aliphatic carbocycles. The van der Waals surface area contributed by atoms with Crippen molar-refractivity contribution in [1.29, 1.82) is 0 Å². The van der Waals surface area contributed by atoms with Crippen LogP contribution in [0.25, 0.3) is 11.4 Å². The van der Waals surface area contributed by atoms with E-state index >= 15 is 0 Å². The molecule has 2 aromatic heterocycles. The maximum absolute atomic E-state index is 4.69. The molecular weight excluding hydrogens is 322 g/mol. The highest BCUT2D eigenvalue weighted by atomic mass is 79.9. The van der Waals surface area contributed by atoms with Gasteiger partial charge in [0.1, 0.15) is 5.82 Å². The third-order valence-electron chi connectivity index (χ3n) is 2.75. The topological polar surface area (TPSA) is 37.8 Å². The number of nitrogens with one attached hydrogen (secondary N) is 1. The molecule has 2 aromatic rings. The fraction of sp³-hybridized carbons (Fsp3) is 0.429. The first-order valence-electron chi connectivity index (χ1n) is 6.47. The summed E-state index contributed by atoms with van der Waals surface area (Å²) in [6, 6.07) is 2.06. The Morgan fingerprint density at radius 2 is 2.16 bits per heavy atom. The van der Waals surface area contributed by atoms with Crippen molar-refractivity contribution in [2.45, 2.75) is 33.1 Å². The van der Waals surface area contributed by atoms with Crippen LogP contribution in [-0.4, -0.2) is 16.5 Å². The molecule has 0 saturated heterocycles. The molecule has 2 rings (SSSR count). The first-order valence-corrected chi connectivity index (χ1v) is 8.21. The van der Waals surface area contributed by atoms with Crippen LogP contribution in [0.15, 0.2) is 21.3 Å². The van der Waals surface area contributed by atoms with E-state index in [1.165, 1.54) is 0 Å². The fourth-order valence-electron chi connectivity index (χ4n) is 1.73. The normalized spacial score (nSPS) is 11.0. The summed E-state index contributed by atoms with van der Waals surface area (Å²) in [5.74, 6) is 2.05. The number of nitrogens with zero attached hydrogens (tertiary/aromatic N) is 2. The van der Waals surface area contributed by atoms with Crippen LogP contribution in [0, 0.1) is 0 Å². The molecule has 0 aromatic carbocycles. The Hall–Kier alpha value is -0.940. The molecule has 0 unspecified atom stereocenters. The summed E-state index contributed by atoms with van der Waals surface area (Å²) in [4.78, 5) is 9.32. The summed E-state index contributed by atoms with van der Waals surface area (Å²) in [5.41, 5.74) is 2.13. The molecule has 0 aliphatic rings. The lowest BCUT2D eigenvalue weighted by Crippen LogP contribution is -2.08. The summed E-state index contributed by atoms with van der Waals surface area (Å²) in [6.45, 7) is 7.35. The van der Waals surface area contributed by atoms with E-state index in [2.05, 4.69) is 63.8 Å². The van der Waals surface area contributed by atoms with Gasteiger partial charge in [-0.2, -0.15) is 11.3 Å². The molecule has 3 nitrogen and oxygen atoms in total. The third-order valence-corrected chi connectivity index (χ3v) is 4.21. The Kier molecular flexibility index (Phi) is 4.93. The third kappa shape index (κ3) is 3.34. The summed E-state index contributed by atoms with van der Waals surface area (Å²) in [5, 5.41) is 7.50. The van der Waals surface area contributed by atoms with E-state index in [9.17, 15) is 0 Å². The number of hydrogen-bond donors (Lipinski definition) is 1. The highest BCUT2D eigenvalue weighted by Gasteiger charge is 2.15. The SMILES string of the molecule is CCCNc1nc(-c2ccsc2)nc(C(C)C)c1Br. The molecule has 5 heteroatoms. The maximum Gasteiger partial charge on any atom is 0.162 e. The van der Waals surface area contributed by atoms with Gasteiger partial charge in [0.25, 0.3) is 0 Å². The Labute approximate surface area is 126 Å². The van der Waals surface area contributed by atoms with Crippen molar-refractivity contribution in [3.63, 3.8) is 0 Å². The second kappa shape index (κ2) is 6.48. The Morgan fingerprint density at radius 1 is 1.37 bits per heavy atom. The standard InChI is InChI=1S/C14H18BrN3S/c1-4-6-16-14-11(15)12(9(2)3)17-13(18-14)10-5-7-19-8-10/h5,7-9H,4,6H2,1-3H3,(H,16,17,18). The van der Waals surface area contributed by atoms with Crippen LogP contribution in [0.3, 0.4) is 0 Å². The van der Waals surface area contributed by atoms with Gasteiger partial charge in [-0.05, 0) is 39.7 Å². The zero-order chi connectivity index (χ0) is 13.8. The molecule has 1 N–H and O–H groups in total. The van der Waals surface area contributed by atoms with Crippen molar-refractivity contribution < 1.29 is 0 Å². The molecule has 0 saturated carbocycles. The minimum atomic E-state index is 0.358. The number of anilines is 1. The van der Waals surface area contributed by atoms with E-state index in [4.69, 9.17) is 4.98 Å². The molecule has 0 radical (unpaired) electrons. The summed E-state index contributed by atoms with van der Waals surface area (Å²) in [7, 11) is 0. The van der Waals surface area contributed by atoms with Crippen LogP contribution >= 0.6 is 27.3 Å². The van der Waals surface area contributed by atoms with Gasteiger partial charge in [-0.15, -0.1) is 0 Å². The van der Waals surface area contributed by atoms with E-state index in [1.54, 1.807) is 11.3 Å². The lowest BCUT2D eigenvalue weighted by molar-refractivity contribution is 0.808. The van der Waals surface area contributed by atoms with Gasteiger partial charge in [-0.3, -0.25) is 0 Å². The van der Waals surface area contributed by atoms with Crippen LogP contribution in [0.2, 0.25) is 0 Å². The summed E-state index contributed by atoms with van der Waals surface area (Å²) < 4.78 is 0.981. The second-order valence-corrected chi connectivity index (χ2v) is 6.26. The monoisotopic (exact) mass is 339 g/mol. The van der Waals surface area contributed by atoms with Gasteiger partial charge < -0.3 is 5.32 Å². The lowest BCUT2D eigenvalue weighted by Gasteiger charge is -2.14. The highest BCUT2D eigenvalue weighted by molar-refractivity contribution is 9.10. The predicted octanol–water partition coefficient (Wildman–Crippen LogP) is 4.91. The molecule has 0 amide bonds. The van der Waals surface area contributed by atoms with Crippen LogP contribution in [0.4, 0.5) is 5.82 Å². The molecule has 19 heavy (non-hydrogen) atoms. The minimum absolute atomic E-state index is 0.358. The van der Waals surface area contributed by atoms with E-state index < -0.39 is 0 Å². The van der Waals surface area contributed by atoms with Crippen molar-refractivity contribution in [2.24, 2.45) is 0 Å². The Bertz CT molecular complexity index is 538. The van der Waals surface area contributed by atoms with E-state index in [-0.39, 0.29) is 0 Å². The van der Waals surface area contributed by atoms with Crippen LogP contribution in [-0.2, 0) is 0 Å². The first-order chi connectivity index (χ1) is 9.13. The van der Waals surface area contributed by atoms with Gasteiger partial charge in [0.15, 0.2) is 5.82 Å². The number of hydrogen-bond acceptors (Lipinski definition) is 4. The summed E-state index contributed by atoms with van der Waals surface area (Å²) >= 11 is 5.29. The zero-order valence-corrected chi connectivity index (χ0v) is 13.8. The smallest absolute Gasteiger partial charge is 0.162 e. The number of halogens is 1. The second-order valence-electron chi connectivity index (χ2n) is 4.69. The van der Waals surface area contributed by atoms with Crippen LogP contribution in [0.1, 0.15) is 38.8 Å². The molecule has 0 aliphatic heterocycles. The van der Waals surface area contributed by atoms with Crippen molar-refractivity contribution in [1.82, 2.24) is 9.97 Å². The molecule has 0 bridgehead atoms.